The lowest BCUT2D eigenvalue weighted by Crippen LogP contribution is -2.18. The van der Waals surface area contributed by atoms with Crippen LogP contribution in [-0.2, 0) is 5.41 Å². The molecule has 138 valence electrons. The summed E-state index contributed by atoms with van der Waals surface area (Å²) in [5, 5.41) is 3.45. The molecular formula is C23H30N2O. The van der Waals surface area contributed by atoms with Gasteiger partial charge in [0.2, 0.25) is 0 Å². The first kappa shape index (κ1) is 18.5. The van der Waals surface area contributed by atoms with E-state index in [0.717, 1.165) is 35.2 Å². The van der Waals surface area contributed by atoms with Gasteiger partial charge in [-0.2, -0.15) is 0 Å². The van der Waals surface area contributed by atoms with E-state index >= 15 is 0 Å². The molecule has 3 nitrogen and oxygen atoms in total. The third-order valence-corrected chi connectivity index (χ3v) is 4.88. The Kier molecular flexibility index (Phi) is 5.36. The molecule has 1 aliphatic rings. The first-order valence-electron chi connectivity index (χ1n) is 9.48. The van der Waals surface area contributed by atoms with E-state index in [1.165, 1.54) is 18.4 Å². The fraction of sp³-hybridized carbons (Fsp3) is 0.435. The topological polar surface area (TPSA) is 34.1 Å². The zero-order valence-electron chi connectivity index (χ0n) is 16.4. The van der Waals surface area contributed by atoms with E-state index in [0.29, 0.717) is 0 Å². The van der Waals surface area contributed by atoms with Crippen molar-refractivity contribution in [1.29, 1.82) is 0 Å². The zero-order valence-corrected chi connectivity index (χ0v) is 16.4. The molecule has 0 spiro atoms. The monoisotopic (exact) mass is 350 g/mol. The number of rotatable bonds is 7. The highest BCUT2D eigenvalue weighted by atomic mass is 16.5. The van der Waals surface area contributed by atoms with Gasteiger partial charge in [-0.25, -0.2) is 0 Å². The van der Waals surface area contributed by atoms with E-state index in [2.05, 4.69) is 68.8 Å². The summed E-state index contributed by atoms with van der Waals surface area (Å²) in [4.78, 5) is 4.54. The molecule has 26 heavy (non-hydrogen) atoms. The van der Waals surface area contributed by atoms with Crippen LogP contribution in [0.1, 0.15) is 63.4 Å². The van der Waals surface area contributed by atoms with Crippen LogP contribution < -0.4 is 10.1 Å². The van der Waals surface area contributed by atoms with E-state index in [9.17, 15) is 0 Å². The lowest BCUT2D eigenvalue weighted by atomic mass is 9.86. The van der Waals surface area contributed by atoms with Gasteiger partial charge >= 0.3 is 0 Å². The summed E-state index contributed by atoms with van der Waals surface area (Å²) < 4.78 is 5.75. The lowest BCUT2D eigenvalue weighted by molar-refractivity contribution is 0.298. The molecule has 1 saturated carbocycles. The highest BCUT2D eigenvalue weighted by molar-refractivity contribution is 5.62. The van der Waals surface area contributed by atoms with Gasteiger partial charge in [0.15, 0.2) is 0 Å². The molecule has 1 fully saturated rings. The van der Waals surface area contributed by atoms with Gasteiger partial charge in [0.1, 0.15) is 5.75 Å². The van der Waals surface area contributed by atoms with E-state index in [4.69, 9.17) is 4.74 Å². The molecule has 1 N–H and O–H groups in total. The highest BCUT2D eigenvalue weighted by Crippen LogP contribution is 2.29. The van der Waals surface area contributed by atoms with E-state index in [-0.39, 0.29) is 11.5 Å². The van der Waals surface area contributed by atoms with E-state index in [1.807, 2.05) is 18.3 Å². The number of aromatic nitrogens is 1. The van der Waals surface area contributed by atoms with Gasteiger partial charge in [-0.15, -0.1) is 0 Å². The number of benzene rings is 1. The lowest BCUT2D eigenvalue weighted by Gasteiger charge is -2.21. The van der Waals surface area contributed by atoms with Crippen molar-refractivity contribution in [2.45, 2.75) is 52.0 Å². The predicted octanol–water partition coefficient (Wildman–Crippen LogP) is 5.49. The Morgan fingerprint density at radius 3 is 2.42 bits per heavy atom. The second-order valence-corrected chi connectivity index (χ2v) is 8.35. The van der Waals surface area contributed by atoms with E-state index in [1.54, 1.807) is 0 Å². The molecule has 3 rings (SSSR count). The Hall–Kier alpha value is -2.29. The fourth-order valence-electron chi connectivity index (χ4n) is 2.82. The molecule has 0 aliphatic heterocycles. The van der Waals surface area contributed by atoms with Crippen LogP contribution in [0.4, 0.5) is 0 Å². The van der Waals surface area contributed by atoms with Crippen LogP contribution in [0.2, 0.25) is 0 Å². The number of nitrogens with one attached hydrogen (secondary N) is 1. The van der Waals surface area contributed by atoms with Crippen LogP contribution in [0, 0.1) is 5.92 Å². The summed E-state index contributed by atoms with van der Waals surface area (Å²) in [5.41, 5.74) is 4.48. The maximum absolute atomic E-state index is 5.75. The summed E-state index contributed by atoms with van der Waals surface area (Å²) in [6.45, 7) is 13.8. The second kappa shape index (κ2) is 7.53. The SMILES string of the molecule is C=C(N[C@H](C)c1ccc(OCC2CC2)cn1)c1ccc(C(C)(C)C)cc1. The highest BCUT2D eigenvalue weighted by Gasteiger charge is 2.22. The molecule has 0 saturated heterocycles. The number of hydrogen-bond donors (Lipinski definition) is 1. The van der Waals surface area contributed by atoms with Crippen molar-refractivity contribution < 1.29 is 4.74 Å². The van der Waals surface area contributed by atoms with Gasteiger partial charge in [0.25, 0.3) is 0 Å². The quantitative estimate of drug-likeness (QED) is 0.717. The summed E-state index contributed by atoms with van der Waals surface area (Å²) in [5.74, 6) is 1.60. The van der Waals surface area contributed by atoms with Crippen LogP contribution in [0.25, 0.3) is 5.70 Å². The van der Waals surface area contributed by atoms with Gasteiger partial charge in [0, 0.05) is 5.70 Å². The average molecular weight is 351 g/mol. The van der Waals surface area contributed by atoms with E-state index < -0.39 is 0 Å². The molecule has 0 bridgehead atoms. The predicted molar refractivity (Wildman–Crippen MR) is 108 cm³/mol. The van der Waals surface area contributed by atoms with Gasteiger partial charge in [-0.3, -0.25) is 4.98 Å². The van der Waals surface area contributed by atoms with Crippen molar-refractivity contribution in [3.05, 3.63) is 66.0 Å². The number of hydrogen-bond acceptors (Lipinski definition) is 3. The van der Waals surface area contributed by atoms with Crippen LogP contribution in [0.3, 0.4) is 0 Å². The van der Waals surface area contributed by atoms with Crippen LogP contribution in [0.5, 0.6) is 5.75 Å². The Balaban J connectivity index is 1.57. The van der Waals surface area contributed by atoms with Crippen molar-refractivity contribution in [2.24, 2.45) is 5.92 Å². The second-order valence-electron chi connectivity index (χ2n) is 8.35. The molecule has 1 heterocycles. The Labute approximate surface area is 157 Å². The largest absolute Gasteiger partial charge is 0.492 e. The summed E-state index contributed by atoms with van der Waals surface area (Å²) >= 11 is 0. The minimum Gasteiger partial charge on any atom is -0.492 e. The molecule has 1 atom stereocenters. The van der Waals surface area contributed by atoms with Crippen LogP contribution in [-0.4, -0.2) is 11.6 Å². The Morgan fingerprint density at radius 1 is 1.19 bits per heavy atom. The molecule has 0 unspecified atom stereocenters. The average Bonchev–Trinajstić information content (AvgIpc) is 3.44. The van der Waals surface area contributed by atoms with Crippen molar-refractivity contribution in [3.8, 4) is 5.75 Å². The molecule has 3 heteroatoms. The van der Waals surface area contributed by atoms with Gasteiger partial charge < -0.3 is 10.1 Å². The number of pyridine rings is 1. The standard InChI is InChI=1S/C23H30N2O/c1-16(19-8-10-20(11-9-19)23(3,4)5)25-17(2)22-13-12-21(14-24-22)26-15-18-6-7-18/h8-14,17-18,25H,1,6-7,15H2,2-5H3/t17-/m1/s1. The van der Waals surface area contributed by atoms with Crippen LogP contribution in [0.15, 0.2) is 49.2 Å². The van der Waals surface area contributed by atoms with Crippen molar-refractivity contribution in [3.63, 3.8) is 0 Å². The number of nitrogens with zero attached hydrogens (tertiary/aromatic N) is 1. The van der Waals surface area contributed by atoms with Gasteiger partial charge in [-0.05, 0) is 54.4 Å². The Bertz CT molecular complexity index is 737. The third kappa shape index (κ3) is 4.87. The summed E-state index contributed by atoms with van der Waals surface area (Å²) in [6.07, 6.45) is 4.41. The molecule has 1 aliphatic carbocycles. The van der Waals surface area contributed by atoms with Crippen molar-refractivity contribution in [2.75, 3.05) is 6.61 Å². The maximum Gasteiger partial charge on any atom is 0.137 e. The third-order valence-electron chi connectivity index (χ3n) is 4.88. The zero-order chi connectivity index (χ0) is 18.7. The van der Waals surface area contributed by atoms with Crippen molar-refractivity contribution >= 4 is 5.70 Å². The summed E-state index contributed by atoms with van der Waals surface area (Å²) in [7, 11) is 0. The van der Waals surface area contributed by atoms with Gasteiger partial charge in [0.05, 0.1) is 24.5 Å². The smallest absolute Gasteiger partial charge is 0.137 e. The maximum atomic E-state index is 5.75. The Morgan fingerprint density at radius 2 is 1.88 bits per heavy atom. The molecule has 0 amide bonds. The van der Waals surface area contributed by atoms with Gasteiger partial charge in [-0.1, -0.05) is 51.6 Å². The summed E-state index contributed by atoms with van der Waals surface area (Å²) in [6, 6.07) is 12.7. The molecule has 1 aromatic heterocycles. The molecular weight excluding hydrogens is 320 g/mol. The molecule has 0 radical (unpaired) electrons. The molecule has 1 aromatic carbocycles. The first-order valence-corrected chi connectivity index (χ1v) is 9.48. The normalized spacial score (nSPS) is 15.4. The molecule has 2 aromatic rings. The first-order chi connectivity index (χ1) is 12.3. The minimum atomic E-state index is 0.0854. The minimum absolute atomic E-state index is 0.0854. The fourth-order valence-corrected chi connectivity index (χ4v) is 2.82. The number of ether oxygens (including phenoxy) is 1. The van der Waals surface area contributed by atoms with Crippen LogP contribution >= 0.6 is 0 Å². The van der Waals surface area contributed by atoms with Crippen molar-refractivity contribution in [1.82, 2.24) is 10.3 Å².